The maximum Gasteiger partial charge on any atom is 0.233 e. The van der Waals surface area contributed by atoms with Gasteiger partial charge in [0.1, 0.15) is 0 Å². The number of benzene rings is 2. The number of ether oxygens (including phenoxy) is 2. The van der Waals surface area contributed by atoms with Crippen LogP contribution in [0.4, 0.5) is 0 Å². The van der Waals surface area contributed by atoms with Crippen LogP contribution >= 0.6 is 11.8 Å². The molecule has 0 radical (unpaired) electrons. The first-order valence-corrected chi connectivity index (χ1v) is 10.2. The summed E-state index contributed by atoms with van der Waals surface area (Å²) in [6.45, 7) is 4.91. The lowest BCUT2D eigenvalue weighted by molar-refractivity contribution is -0.127. The van der Waals surface area contributed by atoms with Crippen LogP contribution in [0.25, 0.3) is 11.0 Å². The Hall–Kier alpha value is -2.93. The number of allylic oxidation sites excluding steroid dienone is 1. The van der Waals surface area contributed by atoms with Crippen LogP contribution in [0.15, 0.2) is 60.3 Å². The smallest absolute Gasteiger partial charge is 0.233 e. The lowest BCUT2D eigenvalue weighted by Crippen LogP contribution is -2.28. The van der Waals surface area contributed by atoms with Crippen LogP contribution in [0.1, 0.15) is 5.56 Å². The fraction of sp³-hybridized carbons (Fsp3) is 0.273. The lowest BCUT2D eigenvalue weighted by Gasteiger charge is -2.20. The van der Waals surface area contributed by atoms with Crippen molar-refractivity contribution in [2.24, 2.45) is 0 Å². The Balaban J connectivity index is 1.71. The molecule has 1 aromatic heterocycles. The maximum absolute atomic E-state index is 12.7. The summed E-state index contributed by atoms with van der Waals surface area (Å²) in [4.78, 5) is 19.1. The van der Waals surface area contributed by atoms with E-state index in [0.717, 1.165) is 21.8 Å². The van der Waals surface area contributed by atoms with Gasteiger partial charge in [-0.05, 0) is 18.2 Å². The SMILES string of the molecule is C=CCn1c(SCC(=O)N(C)Cc2cccc(OC)c2OC)nc2ccccc21. The van der Waals surface area contributed by atoms with Crippen LogP contribution in [0.2, 0.25) is 0 Å². The molecular weight excluding hydrogens is 386 g/mol. The van der Waals surface area contributed by atoms with Crippen molar-refractivity contribution in [2.45, 2.75) is 18.2 Å². The summed E-state index contributed by atoms with van der Waals surface area (Å²) < 4.78 is 12.9. The first kappa shape index (κ1) is 20.8. The molecule has 152 valence electrons. The number of thioether (sulfide) groups is 1. The molecule has 0 unspecified atom stereocenters. The second-order valence-electron chi connectivity index (χ2n) is 6.47. The van der Waals surface area contributed by atoms with E-state index in [1.165, 1.54) is 11.8 Å². The van der Waals surface area contributed by atoms with Crippen molar-refractivity contribution in [3.8, 4) is 11.5 Å². The highest BCUT2D eigenvalue weighted by Gasteiger charge is 2.17. The molecule has 1 amide bonds. The van der Waals surface area contributed by atoms with E-state index in [0.29, 0.717) is 30.3 Å². The third-order valence-corrected chi connectivity index (χ3v) is 5.53. The molecule has 7 heteroatoms. The predicted molar refractivity (Wildman–Crippen MR) is 117 cm³/mol. The van der Waals surface area contributed by atoms with Crippen molar-refractivity contribution >= 4 is 28.7 Å². The minimum atomic E-state index is 0.0112. The van der Waals surface area contributed by atoms with Crippen LogP contribution in [-0.4, -0.2) is 47.4 Å². The quantitative estimate of drug-likeness (QED) is 0.394. The predicted octanol–water partition coefficient (Wildman–Crippen LogP) is 3.99. The summed E-state index contributed by atoms with van der Waals surface area (Å²) in [7, 11) is 4.99. The maximum atomic E-state index is 12.7. The molecule has 0 saturated carbocycles. The minimum absolute atomic E-state index is 0.0112. The molecule has 0 spiro atoms. The molecule has 3 rings (SSSR count). The number of nitrogens with zero attached hydrogens (tertiary/aromatic N) is 3. The summed E-state index contributed by atoms with van der Waals surface area (Å²) in [5.74, 6) is 1.61. The minimum Gasteiger partial charge on any atom is -0.493 e. The molecular formula is C22H25N3O3S. The summed E-state index contributed by atoms with van der Waals surface area (Å²) in [5, 5.41) is 0.812. The average molecular weight is 412 g/mol. The van der Waals surface area contributed by atoms with Gasteiger partial charge in [0.15, 0.2) is 16.7 Å². The van der Waals surface area contributed by atoms with Gasteiger partial charge in [-0.1, -0.05) is 42.1 Å². The van der Waals surface area contributed by atoms with Crippen LogP contribution in [0, 0.1) is 0 Å². The van der Waals surface area contributed by atoms with Crippen molar-refractivity contribution in [3.63, 3.8) is 0 Å². The van der Waals surface area contributed by atoms with Gasteiger partial charge < -0.3 is 18.9 Å². The number of para-hydroxylation sites is 3. The summed E-state index contributed by atoms with van der Waals surface area (Å²) >= 11 is 1.43. The third kappa shape index (κ3) is 4.56. The van der Waals surface area contributed by atoms with Crippen molar-refractivity contribution in [3.05, 3.63) is 60.7 Å². The van der Waals surface area contributed by atoms with Crippen LogP contribution < -0.4 is 9.47 Å². The molecule has 0 atom stereocenters. The fourth-order valence-electron chi connectivity index (χ4n) is 3.13. The molecule has 0 fully saturated rings. The van der Waals surface area contributed by atoms with Gasteiger partial charge in [-0.15, -0.1) is 6.58 Å². The number of rotatable bonds is 9. The number of amides is 1. The third-order valence-electron chi connectivity index (χ3n) is 4.57. The van der Waals surface area contributed by atoms with Gasteiger partial charge in [0.2, 0.25) is 5.91 Å². The van der Waals surface area contributed by atoms with E-state index in [9.17, 15) is 4.79 Å². The van der Waals surface area contributed by atoms with E-state index in [-0.39, 0.29) is 5.91 Å². The van der Waals surface area contributed by atoms with Crippen LogP contribution in [0.3, 0.4) is 0 Å². The molecule has 0 aliphatic heterocycles. The number of hydrogen-bond donors (Lipinski definition) is 0. The molecule has 0 aliphatic carbocycles. The Labute approximate surface area is 175 Å². The van der Waals surface area contributed by atoms with Gasteiger partial charge >= 0.3 is 0 Å². The van der Waals surface area contributed by atoms with Crippen LogP contribution in [-0.2, 0) is 17.9 Å². The number of aromatic nitrogens is 2. The van der Waals surface area contributed by atoms with Gasteiger partial charge in [0.25, 0.3) is 0 Å². The zero-order chi connectivity index (χ0) is 20.8. The average Bonchev–Trinajstić information content (AvgIpc) is 3.09. The van der Waals surface area contributed by atoms with Gasteiger partial charge in [-0.25, -0.2) is 4.98 Å². The van der Waals surface area contributed by atoms with E-state index in [2.05, 4.69) is 16.1 Å². The highest BCUT2D eigenvalue weighted by molar-refractivity contribution is 7.99. The monoisotopic (exact) mass is 411 g/mol. The van der Waals surface area contributed by atoms with Crippen molar-refractivity contribution in [2.75, 3.05) is 27.0 Å². The molecule has 0 aliphatic rings. The Morgan fingerprint density at radius 1 is 1.21 bits per heavy atom. The molecule has 0 saturated heterocycles. The topological polar surface area (TPSA) is 56.6 Å². The lowest BCUT2D eigenvalue weighted by atomic mass is 10.1. The zero-order valence-corrected chi connectivity index (χ0v) is 17.7. The highest BCUT2D eigenvalue weighted by Crippen LogP contribution is 2.31. The molecule has 2 aromatic carbocycles. The number of carbonyl (C=O) groups excluding carboxylic acids is 1. The number of carbonyl (C=O) groups is 1. The fourth-order valence-corrected chi connectivity index (χ4v) is 4.09. The van der Waals surface area contributed by atoms with E-state index in [4.69, 9.17) is 9.47 Å². The van der Waals surface area contributed by atoms with Gasteiger partial charge in [-0.2, -0.15) is 0 Å². The normalized spacial score (nSPS) is 10.7. The Kier molecular flexibility index (Phi) is 6.82. The van der Waals surface area contributed by atoms with Gasteiger partial charge in [0.05, 0.1) is 31.0 Å². The first-order valence-electron chi connectivity index (χ1n) is 9.21. The molecule has 29 heavy (non-hydrogen) atoms. The summed E-state index contributed by atoms with van der Waals surface area (Å²) in [6, 6.07) is 13.6. The van der Waals surface area contributed by atoms with Gasteiger partial charge in [-0.3, -0.25) is 4.79 Å². The molecule has 0 N–H and O–H groups in total. The Morgan fingerprint density at radius 3 is 2.72 bits per heavy atom. The largest absolute Gasteiger partial charge is 0.493 e. The van der Waals surface area contributed by atoms with E-state index < -0.39 is 0 Å². The number of methoxy groups -OCH3 is 2. The summed E-state index contributed by atoms with van der Waals surface area (Å²) in [5.41, 5.74) is 2.85. The molecule has 1 heterocycles. The first-order chi connectivity index (χ1) is 14.1. The molecule has 0 bridgehead atoms. The summed E-state index contributed by atoms with van der Waals surface area (Å²) in [6.07, 6.45) is 1.83. The van der Waals surface area contributed by atoms with Gasteiger partial charge in [0, 0.05) is 25.7 Å². The second kappa shape index (κ2) is 9.52. The number of fused-ring (bicyclic) bond motifs is 1. The second-order valence-corrected chi connectivity index (χ2v) is 7.42. The molecule has 6 nitrogen and oxygen atoms in total. The van der Waals surface area contributed by atoms with E-state index in [1.54, 1.807) is 26.2 Å². The Bertz CT molecular complexity index is 1020. The zero-order valence-electron chi connectivity index (χ0n) is 16.9. The number of hydrogen-bond acceptors (Lipinski definition) is 5. The highest BCUT2D eigenvalue weighted by atomic mass is 32.2. The van der Waals surface area contributed by atoms with E-state index in [1.807, 2.05) is 48.5 Å². The number of imidazole rings is 1. The van der Waals surface area contributed by atoms with Crippen LogP contribution in [0.5, 0.6) is 11.5 Å². The molecule has 3 aromatic rings. The Morgan fingerprint density at radius 2 is 2.00 bits per heavy atom. The van der Waals surface area contributed by atoms with E-state index >= 15 is 0 Å². The van der Waals surface area contributed by atoms with Crippen molar-refractivity contribution in [1.82, 2.24) is 14.5 Å². The van der Waals surface area contributed by atoms with Crippen molar-refractivity contribution < 1.29 is 14.3 Å². The van der Waals surface area contributed by atoms with Crippen molar-refractivity contribution in [1.29, 1.82) is 0 Å². The standard InChI is InChI=1S/C22H25N3O3S/c1-5-13-25-18-11-7-6-10-17(18)23-22(25)29-15-20(26)24(2)14-16-9-8-12-19(27-3)21(16)28-4/h5-12H,1,13-15H2,2-4H3.